The number of aromatic nitrogens is 3. The summed E-state index contributed by atoms with van der Waals surface area (Å²) in [6, 6.07) is 8.42. The van der Waals surface area contributed by atoms with E-state index >= 15 is 0 Å². The van der Waals surface area contributed by atoms with Gasteiger partial charge in [0.25, 0.3) is 0 Å². The van der Waals surface area contributed by atoms with Crippen LogP contribution in [0.15, 0.2) is 47.6 Å². The van der Waals surface area contributed by atoms with Gasteiger partial charge in [0.15, 0.2) is 0 Å². The summed E-state index contributed by atoms with van der Waals surface area (Å²) in [5.41, 5.74) is 2.09. The lowest BCUT2D eigenvalue weighted by Gasteiger charge is -2.10. The molecule has 2 aromatic heterocycles. The second-order valence-corrected chi connectivity index (χ2v) is 7.89. The van der Waals surface area contributed by atoms with E-state index in [1.165, 1.54) is 24.5 Å². The Kier molecular flexibility index (Phi) is 4.40. The van der Waals surface area contributed by atoms with Gasteiger partial charge < -0.3 is 4.98 Å². The standard InChI is InChI=1S/C16H15ClN4O2S/c1-21(2)24(22,23)12-5-6-14-15(9-12)20-16(19-14)13(17)8-11-4-3-7-18-10-11/h3-10H,1-2H3,(H,19,20)/b13-8-. The van der Waals surface area contributed by atoms with Gasteiger partial charge >= 0.3 is 0 Å². The number of benzene rings is 1. The molecule has 0 bridgehead atoms. The summed E-state index contributed by atoms with van der Waals surface area (Å²) >= 11 is 6.31. The topological polar surface area (TPSA) is 79.0 Å². The molecule has 24 heavy (non-hydrogen) atoms. The van der Waals surface area contributed by atoms with Crippen molar-refractivity contribution >= 4 is 43.8 Å². The third-order valence-corrected chi connectivity index (χ3v) is 5.54. The lowest BCUT2D eigenvalue weighted by molar-refractivity contribution is 0.521. The number of aromatic amines is 1. The molecule has 3 aromatic rings. The van der Waals surface area contributed by atoms with Crippen LogP contribution in [0.1, 0.15) is 11.4 Å². The second-order valence-electron chi connectivity index (χ2n) is 5.33. The van der Waals surface area contributed by atoms with Crippen LogP contribution >= 0.6 is 11.6 Å². The predicted octanol–water partition coefficient (Wildman–Crippen LogP) is 2.95. The molecule has 1 N–H and O–H groups in total. The van der Waals surface area contributed by atoms with E-state index < -0.39 is 10.0 Å². The summed E-state index contributed by atoms with van der Waals surface area (Å²) in [6.45, 7) is 0. The Bertz CT molecular complexity index is 1010. The van der Waals surface area contributed by atoms with Gasteiger partial charge in [-0.1, -0.05) is 17.7 Å². The smallest absolute Gasteiger partial charge is 0.242 e. The highest BCUT2D eigenvalue weighted by Gasteiger charge is 2.18. The molecule has 0 unspecified atom stereocenters. The average Bonchev–Trinajstić information content (AvgIpc) is 2.99. The minimum atomic E-state index is -3.50. The van der Waals surface area contributed by atoms with E-state index in [1.54, 1.807) is 30.6 Å². The monoisotopic (exact) mass is 362 g/mol. The third kappa shape index (κ3) is 3.19. The van der Waals surface area contributed by atoms with Gasteiger partial charge in [-0.2, -0.15) is 0 Å². The molecule has 6 nitrogen and oxygen atoms in total. The first-order valence-electron chi connectivity index (χ1n) is 7.08. The minimum absolute atomic E-state index is 0.197. The summed E-state index contributed by atoms with van der Waals surface area (Å²) in [4.78, 5) is 11.7. The van der Waals surface area contributed by atoms with Crippen LogP contribution in [0.3, 0.4) is 0 Å². The molecular formula is C16H15ClN4O2S. The Morgan fingerprint density at radius 1 is 1.29 bits per heavy atom. The molecule has 0 spiro atoms. The fraction of sp³-hybridized carbons (Fsp3) is 0.125. The molecule has 0 aliphatic rings. The molecule has 8 heteroatoms. The number of imidazole rings is 1. The van der Waals surface area contributed by atoms with Crippen molar-refractivity contribution in [1.29, 1.82) is 0 Å². The van der Waals surface area contributed by atoms with Gasteiger partial charge in [0.05, 0.1) is 21.0 Å². The van der Waals surface area contributed by atoms with Crippen LogP contribution in [0, 0.1) is 0 Å². The molecule has 0 fully saturated rings. The number of fused-ring (bicyclic) bond motifs is 1. The average molecular weight is 363 g/mol. The van der Waals surface area contributed by atoms with Gasteiger partial charge in [-0.05, 0) is 35.9 Å². The highest BCUT2D eigenvalue weighted by atomic mass is 35.5. The first-order chi connectivity index (χ1) is 11.4. The SMILES string of the molecule is CN(C)S(=O)(=O)c1ccc2nc(/C(Cl)=C/c3cccnc3)[nH]c2c1. The van der Waals surface area contributed by atoms with Gasteiger partial charge in [-0.15, -0.1) is 0 Å². The number of H-pyrrole nitrogens is 1. The van der Waals surface area contributed by atoms with Gasteiger partial charge in [0.1, 0.15) is 5.82 Å². The Morgan fingerprint density at radius 3 is 2.75 bits per heavy atom. The Hall–Kier alpha value is -2.22. The molecule has 0 saturated carbocycles. The van der Waals surface area contributed by atoms with Crippen molar-refractivity contribution in [2.75, 3.05) is 14.1 Å². The number of sulfonamides is 1. The van der Waals surface area contributed by atoms with Gasteiger partial charge in [0, 0.05) is 26.5 Å². The van der Waals surface area contributed by atoms with Crippen LogP contribution in [0.4, 0.5) is 0 Å². The number of nitrogens with one attached hydrogen (secondary N) is 1. The normalized spacial score (nSPS) is 12.9. The van der Waals surface area contributed by atoms with Crippen molar-refractivity contribution in [1.82, 2.24) is 19.3 Å². The van der Waals surface area contributed by atoms with Crippen LogP contribution in [0.25, 0.3) is 22.1 Å². The number of halogens is 1. The van der Waals surface area contributed by atoms with E-state index in [0.717, 1.165) is 5.56 Å². The van der Waals surface area contributed by atoms with E-state index in [9.17, 15) is 8.42 Å². The molecule has 124 valence electrons. The van der Waals surface area contributed by atoms with Crippen molar-refractivity contribution in [2.45, 2.75) is 4.90 Å². The van der Waals surface area contributed by atoms with E-state index in [-0.39, 0.29) is 4.90 Å². The molecule has 0 aliphatic carbocycles. The van der Waals surface area contributed by atoms with Crippen molar-refractivity contribution in [2.24, 2.45) is 0 Å². The maximum atomic E-state index is 12.2. The maximum Gasteiger partial charge on any atom is 0.242 e. The van der Waals surface area contributed by atoms with Gasteiger partial charge in [0.2, 0.25) is 10.0 Å². The van der Waals surface area contributed by atoms with Gasteiger partial charge in [-0.25, -0.2) is 17.7 Å². The van der Waals surface area contributed by atoms with Crippen molar-refractivity contribution in [3.63, 3.8) is 0 Å². The van der Waals surface area contributed by atoms with Crippen LogP contribution in [0.5, 0.6) is 0 Å². The highest BCUT2D eigenvalue weighted by Crippen LogP contribution is 2.24. The summed E-state index contributed by atoms with van der Waals surface area (Å²) < 4.78 is 25.6. The Balaban J connectivity index is 2.02. The molecule has 2 heterocycles. The first-order valence-corrected chi connectivity index (χ1v) is 8.89. The molecular weight excluding hydrogens is 348 g/mol. The molecule has 0 radical (unpaired) electrons. The summed E-state index contributed by atoms with van der Waals surface area (Å²) in [5.74, 6) is 0.468. The minimum Gasteiger partial charge on any atom is -0.337 e. The molecule has 0 atom stereocenters. The second kappa shape index (κ2) is 6.35. The van der Waals surface area contributed by atoms with Crippen molar-refractivity contribution in [3.8, 4) is 0 Å². The van der Waals surface area contributed by atoms with Crippen LogP contribution in [-0.4, -0.2) is 41.8 Å². The molecule has 0 aliphatic heterocycles. The largest absolute Gasteiger partial charge is 0.337 e. The quantitative estimate of drug-likeness (QED) is 0.773. The lowest BCUT2D eigenvalue weighted by atomic mass is 10.2. The van der Waals surface area contributed by atoms with E-state index in [1.807, 2.05) is 12.1 Å². The maximum absolute atomic E-state index is 12.2. The zero-order chi connectivity index (χ0) is 17.3. The van der Waals surface area contributed by atoms with E-state index in [0.29, 0.717) is 21.9 Å². The Labute approximate surface area is 144 Å². The predicted molar refractivity (Wildman–Crippen MR) is 94.9 cm³/mol. The highest BCUT2D eigenvalue weighted by molar-refractivity contribution is 7.89. The summed E-state index contributed by atoms with van der Waals surface area (Å²) in [7, 11) is -0.515. The van der Waals surface area contributed by atoms with Crippen molar-refractivity contribution in [3.05, 3.63) is 54.1 Å². The summed E-state index contributed by atoms with van der Waals surface area (Å²) in [5, 5.41) is 0.413. The number of nitrogens with zero attached hydrogens (tertiary/aromatic N) is 3. The molecule has 0 saturated heterocycles. The zero-order valence-corrected chi connectivity index (χ0v) is 14.6. The fourth-order valence-corrected chi connectivity index (χ4v) is 3.29. The first kappa shape index (κ1) is 16.6. The van der Waals surface area contributed by atoms with E-state index in [4.69, 9.17) is 11.6 Å². The fourth-order valence-electron chi connectivity index (χ4n) is 2.15. The lowest BCUT2D eigenvalue weighted by Crippen LogP contribution is -2.22. The molecule has 3 rings (SSSR count). The third-order valence-electron chi connectivity index (χ3n) is 3.44. The zero-order valence-electron chi connectivity index (χ0n) is 13.1. The summed E-state index contributed by atoms with van der Waals surface area (Å²) in [6.07, 6.45) is 5.11. The van der Waals surface area contributed by atoms with E-state index in [2.05, 4.69) is 15.0 Å². The number of rotatable bonds is 4. The number of hydrogen-bond donors (Lipinski definition) is 1. The van der Waals surface area contributed by atoms with Gasteiger partial charge in [-0.3, -0.25) is 4.98 Å². The number of hydrogen-bond acceptors (Lipinski definition) is 4. The number of pyridine rings is 1. The Morgan fingerprint density at radius 2 is 2.08 bits per heavy atom. The van der Waals surface area contributed by atoms with Crippen molar-refractivity contribution < 1.29 is 8.42 Å². The molecule has 1 aromatic carbocycles. The molecule has 0 amide bonds. The van der Waals surface area contributed by atoms with Crippen LogP contribution < -0.4 is 0 Å². The van der Waals surface area contributed by atoms with Crippen LogP contribution in [-0.2, 0) is 10.0 Å². The van der Waals surface area contributed by atoms with Crippen LogP contribution in [0.2, 0.25) is 0 Å².